The molecule has 0 bridgehead atoms. The van der Waals surface area contributed by atoms with Gasteiger partial charge in [0.05, 0.1) is 39.8 Å². The average molecular weight is 681 g/mol. The first kappa shape index (κ1) is 35.2. The lowest BCUT2D eigenvalue weighted by molar-refractivity contribution is -0.715. The smallest absolute Gasteiger partial charge is 0.435 e. The molecule has 0 spiro atoms. The molecule has 47 heavy (non-hydrogen) atoms. The van der Waals surface area contributed by atoms with Crippen molar-refractivity contribution in [1.82, 2.24) is 19.5 Å². The van der Waals surface area contributed by atoms with Crippen LogP contribution in [0.5, 0.6) is 0 Å². The number of carbonyl (C=O) groups excluding carboxylic acids is 2. The highest BCUT2D eigenvalue weighted by Crippen LogP contribution is 2.33. The predicted octanol–water partition coefficient (Wildman–Crippen LogP) is 5.13. The topological polar surface area (TPSA) is 158 Å². The molecular formula is C30H35F3N6O7S. The molecule has 0 saturated carbocycles. The van der Waals surface area contributed by atoms with Crippen LogP contribution in [0.3, 0.4) is 0 Å². The molecule has 1 amide bonds. The van der Waals surface area contributed by atoms with E-state index in [1.165, 1.54) is 24.1 Å². The normalized spacial score (nSPS) is 15.7. The number of alkyl halides is 3. The lowest BCUT2D eigenvalue weighted by Gasteiger charge is -2.27. The Labute approximate surface area is 269 Å². The van der Waals surface area contributed by atoms with E-state index in [4.69, 9.17) is 9.57 Å². The van der Waals surface area contributed by atoms with Crippen molar-refractivity contribution in [1.29, 1.82) is 0 Å². The first-order valence-corrected chi connectivity index (χ1v) is 16.0. The molecule has 1 N–H and O–H groups in total. The molecule has 0 radical (unpaired) electrons. The van der Waals surface area contributed by atoms with Crippen LogP contribution in [-0.4, -0.2) is 59.4 Å². The molecule has 1 aromatic heterocycles. The van der Waals surface area contributed by atoms with Crippen molar-refractivity contribution in [2.75, 3.05) is 13.1 Å². The molecule has 1 saturated heterocycles. The largest absolute Gasteiger partial charge is 0.569 e. The van der Waals surface area contributed by atoms with E-state index in [1.54, 1.807) is 45.0 Å². The van der Waals surface area contributed by atoms with Crippen LogP contribution in [0, 0.1) is 23.5 Å². The molecule has 17 heteroatoms. The Morgan fingerprint density at radius 3 is 2.21 bits per heavy atom. The molecule has 1 atom stereocenters. The number of carbonyl (C=O) groups is 2. The number of ether oxygens (including phenoxy) is 1. The second-order valence-corrected chi connectivity index (χ2v) is 13.7. The van der Waals surface area contributed by atoms with E-state index in [0.29, 0.717) is 5.56 Å². The van der Waals surface area contributed by atoms with E-state index in [1.807, 2.05) is 11.6 Å². The van der Waals surface area contributed by atoms with Crippen LogP contribution in [0.2, 0.25) is 0 Å². The van der Waals surface area contributed by atoms with E-state index < -0.39 is 51.4 Å². The second-order valence-electron chi connectivity index (χ2n) is 12.0. The van der Waals surface area contributed by atoms with Gasteiger partial charge in [0, 0.05) is 18.4 Å². The van der Waals surface area contributed by atoms with Crippen molar-refractivity contribution in [3.05, 3.63) is 71.1 Å². The summed E-state index contributed by atoms with van der Waals surface area (Å²) in [6.45, 7) is 8.33. The summed E-state index contributed by atoms with van der Waals surface area (Å²) in [5.74, 6) is -2.05. The molecule has 0 aliphatic carbocycles. The minimum Gasteiger partial charge on any atom is -0.569 e. The Hall–Kier alpha value is -4.67. The van der Waals surface area contributed by atoms with Gasteiger partial charge in [0.2, 0.25) is 11.2 Å². The minimum atomic E-state index is -4.70. The van der Waals surface area contributed by atoms with Crippen LogP contribution in [0.15, 0.2) is 64.8 Å². The van der Waals surface area contributed by atoms with Crippen molar-refractivity contribution < 1.29 is 45.7 Å². The Kier molecular flexibility index (Phi) is 10.2. The van der Waals surface area contributed by atoms with Gasteiger partial charge < -0.3 is 9.94 Å². The minimum absolute atomic E-state index is 0.0620. The van der Waals surface area contributed by atoms with Crippen LogP contribution in [-0.2, 0) is 35.4 Å². The van der Waals surface area contributed by atoms with Gasteiger partial charge in [-0.05, 0) is 70.9 Å². The summed E-state index contributed by atoms with van der Waals surface area (Å²) in [7, 11) is -4.34. The van der Waals surface area contributed by atoms with E-state index in [0.717, 1.165) is 28.4 Å². The molecule has 2 aromatic carbocycles. The van der Waals surface area contributed by atoms with E-state index in [9.17, 15) is 36.4 Å². The van der Waals surface area contributed by atoms with Crippen molar-refractivity contribution in [2.24, 2.45) is 16.6 Å². The fourth-order valence-electron chi connectivity index (χ4n) is 4.49. The molecule has 1 aliphatic rings. The molecule has 1 unspecified atom stereocenters. The van der Waals surface area contributed by atoms with Crippen LogP contribution >= 0.6 is 0 Å². The zero-order valence-electron chi connectivity index (χ0n) is 26.3. The van der Waals surface area contributed by atoms with Crippen molar-refractivity contribution in [3.63, 3.8) is 0 Å². The fraction of sp³-hybridized carbons (Fsp3) is 0.433. The quantitative estimate of drug-likeness (QED) is 0.106. The number of aryl methyl sites for hydroxylation is 1. The van der Waals surface area contributed by atoms with Gasteiger partial charge in [-0.3, -0.25) is 14.4 Å². The van der Waals surface area contributed by atoms with Gasteiger partial charge >= 0.3 is 12.1 Å². The number of hydrazine groups is 1. The Morgan fingerprint density at radius 2 is 1.66 bits per heavy atom. The van der Waals surface area contributed by atoms with Crippen LogP contribution in [0.25, 0.3) is 16.9 Å². The highest BCUT2D eigenvalue weighted by Gasteiger charge is 2.36. The lowest BCUT2D eigenvalue weighted by atomic mass is 9.97. The summed E-state index contributed by atoms with van der Waals surface area (Å²) in [6, 6.07) is 12.6. The number of esters is 1. The number of hydrogen-bond acceptors (Lipinski definition) is 9. The molecule has 3 aromatic rings. The number of piperidine rings is 1. The third-order valence-electron chi connectivity index (χ3n) is 7.21. The standard InChI is InChI=1S/C30H35F3N6O7S/c1-19-6-8-21(9-7-19)25-18-26(30(31,32)33)34-38(25)23-10-12-24(13-11-23)47(43,44)35-27(40)22-14-16-37(17-15-22)39(42)36-46-20(2)45-28(41)29(3,4)5/h6-13,18,20,22H,14-17H2,1-5H3,(H,35,40)/b39-36+. The van der Waals surface area contributed by atoms with Crippen LogP contribution in [0.1, 0.15) is 51.8 Å². The summed E-state index contributed by atoms with van der Waals surface area (Å²) in [5.41, 5.74) is -0.163. The zero-order valence-corrected chi connectivity index (χ0v) is 27.1. The number of aromatic nitrogens is 2. The monoisotopic (exact) mass is 680 g/mol. The van der Waals surface area contributed by atoms with Gasteiger partial charge in [-0.15, -0.1) is 5.01 Å². The van der Waals surface area contributed by atoms with Crippen LogP contribution < -0.4 is 4.72 Å². The van der Waals surface area contributed by atoms with Gasteiger partial charge in [0.25, 0.3) is 16.3 Å². The first-order chi connectivity index (χ1) is 21.8. The third-order valence-corrected chi connectivity index (χ3v) is 8.57. The maximum Gasteiger partial charge on any atom is 0.435 e. The van der Waals surface area contributed by atoms with Gasteiger partial charge in [0.1, 0.15) is 0 Å². The van der Waals surface area contributed by atoms with Crippen LogP contribution in [0.4, 0.5) is 13.2 Å². The average Bonchev–Trinajstić information content (AvgIpc) is 3.46. The summed E-state index contributed by atoms with van der Waals surface area (Å²) in [4.78, 5) is 29.6. The Morgan fingerprint density at radius 1 is 1.06 bits per heavy atom. The number of amides is 1. The maximum atomic E-state index is 13.5. The molecule has 13 nitrogen and oxygen atoms in total. The molecule has 4 rings (SSSR count). The van der Waals surface area contributed by atoms with Gasteiger partial charge in [-0.2, -0.15) is 18.3 Å². The molecule has 2 heterocycles. The lowest BCUT2D eigenvalue weighted by Crippen LogP contribution is -2.44. The highest BCUT2D eigenvalue weighted by molar-refractivity contribution is 7.90. The molecular weight excluding hydrogens is 645 g/mol. The first-order valence-electron chi connectivity index (χ1n) is 14.6. The Bertz CT molecular complexity index is 1730. The summed E-state index contributed by atoms with van der Waals surface area (Å²) < 4.78 is 74.8. The second kappa shape index (κ2) is 13.6. The number of nitrogens with zero attached hydrogens (tertiary/aromatic N) is 5. The molecule has 254 valence electrons. The summed E-state index contributed by atoms with van der Waals surface area (Å²) in [5, 5.41) is 20.7. The van der Waals surface area contributed by atoms with E-state index in [2.05, 4.69) is 10.4 Å². The fourth-order valence-corrected chi connectivity index (χ4v) is 5.54. The van der Waals surface area contributed by atoms with Gasteiger partial charge in [0.15, 0.2) is 5.69 Å². The summed E-state index contributed by atoms with van der Waals surface area (Å²) >= 11 is 0. The zero-order chi connectivity index (χ0) is 34.7. The molecule has 1 aliphatic heterocycles. The number of nitrogens with one attached hydrogen (secondary N) is 1. The number of sulfonamides is 1. The van der Waals surface area contributed by atoms with E-state index in [-0.39, 0.29) is 47.2 Å². The molecule has 1 fully saturated rings. The van der Waals surface area contributed by atoms with Crippen molar-refractivity contribution >= 4 is 21.9 Å². The maximum absolute atomic E-state index is 13.5. The number of hydrogen-bond donors (Lipinski definition) is 1. The third kappa shape index (κ3) is 8.78. The number of benzene rings is 2. The van der Waals surface area contributed by atoms with E-state index >= 15 is 0 Å². The predicted molar refractivity (Wildman–Crippen MR) is 161 cm³/mol. The highest BCUT2D eigenvalue weighted by atomic mass is 32.2. The van der Waals surface area contributed by atoms with Crippen molar-refractivity contribution in [2.45, 2.75) is 64.8 Å². The van der Waals surface area contributed by atoms with Crippen molar-refractivity contribution in [3.8, 4) is 16.9 Å². The Balaban J connectivity index is 1.38. The van der Waals surface area contributed by atoms with Gasteiger partial charge in [-0.1, -0.05) is 29.8 Å². The number of rotatable bonds is 9. The summed E-state index contributed by atoms with van der Waals surface area (Å²) in [6.07, 6.45) is -5.56. The SMILES string of the molecule is Cc1ccc(-c2cc(C(F)(F)F)nn2-c2ccc(S(=O)(=O)NC(=O)C3CCN(/[N+]([O-])=N\OC(C)OC(=O)C(C)(C)C)CC3)cc2)cc1. The van der Waals surface area contributed by atoms with Gasteiger partial charge in [-0.25, -0.2) is 17.8 Å². The number of halogens is 3.